The van der Waals surface area contributed by atoms with Crippen LogP contribution in [-0.2, 0) is 0 Å². The van der Waals surface area contributed by atoms with Gasteiger partial charge in [0, 0.05) is 20.1 Å². The summed E-state index contributed by atoms with van der Waals surface area (Å²) in [5.74, 6) is 0. The van der Waals surface area contributed by atoms with E-state index in [1.165, 1.54) is 0 Å². The predicted molar refractivity (Wildman–Crippen MR) is 54.6 cm³/mol. The predicted octanol–water partition coefficient (Wildman–Crippen LogP) is 0.775. The molecule has 0 heterocycles. The number of hydrogen-bond donors (Lipinski definition) is 2. The summed E-state index contributed by atoms with van der Waals surface area (Å²) in [6.07, 6.45) is 0.840. The molecule has 0 aliphatic carbocycles. The third-order valence-corrected chi connectivity index (χ3v) is 2.46. The van der Waals surface area contributed by atoms with Gasteiger partial charge < -0.3 is 16.0 Å². The fraction of sp³-hybridized carbons (Fsp3) is 0.889. The molecule has 0 spiro atoms. The monoisotopic (exact) mass is 187 g/mol. The molecule has 0 aromatic carbocycles. The van der Waals surface area contributed by atoms with Gasteiger partial charge in [0.05, 0.1) is 5.54 Å². The summed E-state index contributed by atoms with van der Waals surface area (Å²) in [6.45, 7) is 7.07. The van der Waals surface area contributed by atoms with Crippen molar-refractivity contribution in [2.75, 3.05) is 20.1 Å². The number of urea groups is 1. The quantitative estimate of drug-likeness (QED) is 0.683. The fourth-order valence-electron chi connectivity index (χ4n) is 0.781. The Labute approximate surface area is 80.5 Å². The molecule has 3 N–H and O–H groups in total. The Morgan fingerprint density at radius 1 is 1.54 bits per heavy atom. The van der Waals surface area contributed by atoms with Crippen LogP contribution in [0, 0.1) is 0 Å². The Morgan fingerprint density at radius 3 is 2.38 bits per heavy atom. The van der Waals surface area contributed by atoms with Crippen molar-refractivity contribution in [3.8, 4) is 0 Å². The summed E-state index contributed by atoms with van der Waals surface area (Å²) in [4.78, 5) is 13.1. The normalized spacial score (nSPS) is 14.8. The molecule has 2 amide bonds. The number of rotatable bonds is 4. The molecule has 0 saturated heterocycles. The lowest BCUT2D eigenvalue weighted by atomic mass is 10.00. The molecule has 0 aromatic heterocycles. The van der Waals surface area contributed by atoms with Gasteiger partial charge in [-0.3, -0.25) is 0 Å². The van der Waals surface area contributed by atoms with Crippen LogP contribution in [-0.4, -0.2) is 36.6 Å². The van der Waals surface area contributed by atoms with Crippen molar-refractivity contribution in [1.29, 1.82) is 0 Å². The Kier molecular flexibility index (Phi) is 4.77. The lowest BCUT2D eigenvalue weighted by molar-refractivity contribution is 0.196. The third-order valence-electron chi connectivity index (χ3n) is 2.46. The zero-order valence-corrected chi connectivity index (χ0v) is 9.05. The first-order valence-electron chi connectivity index (χ1n) is 4.72. The topological polar surface area (TPSA) is 58.4 Å². The van der Waals surface area contributed by atoms with E-state index in [2.05, 4.69) is 5.32 Å². The maximum atomic E-state index is 11.5. The van der Waals surface area contributed by atoms with Crippen LogP contribution in [0.4, 0.5) is 4.79 Å². The molecule has 0 aromatic rings. The molecule has 0 aliphatic heterocycles. The van der Waals surface area contributed by atoms with Gasteiger partial charge in [0.25, 0.3) is 0 Å². The van der Waals surface area contributed by atoms with Crippen LogP contribution in [0.15, 0.2) is 0 Å². The van der Waals surface area contributed by atoms with Gasteiger partial charge in [-0.25, -0.2) is 4.79 Å². The minimum absolute atomic E-state index is 0.0581. The van der Waals surface area contributed by atoms with Gasteiger partial charge >= 0.3 is 6.03 Å². The van der Waals surface area contributed by atoms with Crippen molar-refractivity contribution in [1.82, 2.24) is 10.2 Å². The highest BCUT2D eigenvalue weighted by Gasteiger charge is 2.23. The maximum Gasteiger partial charge on any atom is 0.317 e. The average Bonchev–Trinajstić information content (AvgIpc) is 2.16. The van der Waals surface area contributed by atoms with Gasteiger partial charge in [-0.1, -0.05) is 6.92 Å². The van der Waals surface area contributed by atoms with Crippen LogP contribution < -0.4 is 11.1 Å². The summed E-state index contributed by atoms with van der Waals surface area (Å²) < 4.78 is 0. The molecular weight excluding hydrogens is 166 g/mol. The summed E-state index contributed by atoms with van der Waals surface area (Å²) in [7, 11) is 1.77. The van der Waals surface area contributed by atoms with Crippen molar-refractivity contribution in [2.45, 2.75) is 32.7 Å². The van der Waals surface area contributed by atoms with E-state index in [0.29, 0.717) is 13.1 Å². The molecular formula is C9H21N3O. The van der Waals surface area contributed by atoms with E-state index in [0.717, 1.165) is 6.42 Å². The highest BCUT2D eigenvalue weighted by atomic mass is 16.2. The lowest BCUT2D eigenvalue weighted by Crippen LogP contribution is -2.54. The fourth-order valence-corrected chi connectivity index (χ4v) is 0.781. The second-order valence-electron chi connectivity index (χ2n) is 3.56. The van der Waals surface area contributed by atoms with Gasteiger partial charge in [0.15, 0.2) is 0 Å². The highest BCUT2D eigenvalue weighted by Crippen LogP contribution is 2.06. The standard InChI is InChI=1S/C9H21N3O/c1-5-9(3,7-10)11-8(13)12(4)6-2/h5-7,10H2,1-4H3,(H,11,13). The Bertz CT molecular complexity index is 166. The van der Waals surface area contributed by atoms with Crippen LogP contribution in [0.25, 0.3) is 0 Å². The highest BCUT2D eigenvalue weighted by molar-refractivity contribution is 5.74. The molecule has 1 atom stereocenters. The number of hydrogen-bond acceptors (Lipinski definition) is 2. The summed E-state index contributed by atoms with van der Waals surface area (Å²) in [6, 6.07) is -0.0581. The number of nitrogens with one attached hydrogen (secondary N) is 1. The molecule has 4 nitrogen and oxygen atoms in total. The van der Waals surface area contributed by atoms with Gasteiger partial charge in [-0.15, -0.1) is 0 Å². The second-order valence-corrected chi connectivity index (χ2v) is 3.56. The van der Waals surface area contributed by atoms with Gasteiger partial charge in [0.1, 0.15) is 0 Å². The number of carbonyl (C=O) groups is 1. The van der Waals surface area contributed by atoms with Crippen molar-refractivity contribution in [2.24, 2.45) is 5.73 Å². The Hall–Kier alpha value is -0.770. The van der Waals surface area contributed by atoms with Gasteiger partial charge in [-0.05, 0) is 20.3 Å². The van der Waals surface area contributed by atoms with E-state index in [1.54, 1.807) is 11.9 Å². The molecule has 4 heteroatoms. The molecule has 0 rings (SSSR count). The van der Waals surface area contributed by atoms with E-state index in [-0.39, 0.29) is 11.6 Å². The van der Waals surface area contributed by atoms with E-state index < -0.39 is 0 Å². The maximum absolute atomic E-state index is 11.5. The number of amides is 2. The van der Waals surface area contributed by atoms with E-state index in [4.69, 9.17) is 5.73 Å². The Morgan fingerprint density at radius 2 is 2.08 bits per heavy atom. The minimum atomic E-state index is -0.277. The van der Waals surface area contributed by atoms with Crippen LogP contribution in [0.3, 0.4) is 0 Å². The number of nitrogens with zero attached hydrogens (tertiary/aromatic N) is 1. The zero-order chi connectivity index (χ0) is 10.5. The SMILES string of the molecule is CCN(C)C(=O)NC(C)(CC)CN. The van der Waals surface area contributed by atoms with Gasteiger partial charge in [0.2, 0.25) is 0 Å². The lowest BCUT2D eigenvalue weighted by Gasteiger charge is -2.30. The zero-order valence-electron chi connectivity index (χ0n) is 9.05. The molecule has 1 unspecified atom stereocenters. The van der Waals surface area contributed by atoms with E-state index in [1.807, 2.05) is 20.8 Å². The largest absolute Gasteiger partial charge is 0.332 e. The van der Waals surface area contributed by atoms with Crippen molar-refractivity contribution < 1.29 is 4.79 Å². The Balaban J connectivity index is 4.17. The minimum Gasteiger partial charge on any atom is -0.332 e. The molecule has 0 fully saturated rings. The van der Waals surface area contributed by atoms with Crippen LogP contribution in [0.5, 0.6) is 0 Å². The molecule has 0 aliphatic rings. The van der Waals surface area contributed by atoms with Crippen LogP contribution in [0.2, 0.25) is 0 Å². The average molecular weight is 187 g/mol. The first kappa shape index (κ1) is 12.2. The molecule has 0 bridgehead atoms. The summed E-state index contributed by atoms with van der Waals surface area (Å²) in [5, 5.41) is 2.91. The van der Waals surface area contributed by atoms with Crippen LogP contribution in [0.1, 0.15) is 27.2 Å². The third kappa shape index (κ3) is 3.63. The van der Waals surface area contributed by atoms with E-state index >= 15 is 0 Å². The van der Waals surface area contributed by atoms with Crippen molar-refractivity contribution in [3.63, 3.8) is 0 Å². The summed E-state index contributed by atoms with van der Waals surface area (Å²) in [5.41, 5.74) is 5.30. The molecule has 13 heavy (non-hydrogen) atoms. The second kappa shape index (κ2) is 5.07. The van der Waals surface area contributed by atoms with Crippen molar-refractivity contribution in [3.05, 3.63) is 0 Å². The first-order valence-corrected chi connectivity index (χ1v) is 4.72. The first-order chi connectivity index (χ1) is 5.99. The summed E-state index contributed by atoms with van der Waals surface area (Å²) >= 11 is 0. The number of carbonyl (C=O) groups excluding carboxylic acids is 1. The molecule has 78 valence electrons. The van der Waals surface area contributed by atoms with Crippen LogP contribution >= 0.6 is 0 Å². The van der Waals surface area contributed by atoms with E-state index in [9.17, 15) is 4.79 Å². The van der Waals surface area contributed by atoms with Gasteiger partial charge in [-0.2, -0.15) is 0 Å². The molecule has 0 radical (unpaired) electrons. The smallest absolute Gasteiger partial charge is 0.317 e. The van der Waals surface area contributed by atoms with Crippen molar-refractivity contribution >= 4 is 6.03 Å². The molecule has 0 saturated carbocycles. The number of nitrogens with two attached hydrogens (primary N) is 1.